The number of aromatic hydroxyl groups is 1. The van der Waals surface area contributed by atoms with E-state index in [2.05, 4.69) is 5.32 Å². The van der Waals surface area contributed by atoms with Gasteiger partial charge in [-0.15, -0.1) is 0 Å². The third kappa shape index (κ3) is 2.21. The van der Waals surface area contributed by atoms with Crippen LogP contribution in [0.5, 0.6) is 5.75 Å². The molecule has 0 saturated heterocycles. The van der Waals surface area contributed by atoms with Crippen LogP contribution in [0.1, 0.15) is 10.4 Å². The lowest BCUT2D eigenvalue weighted by Crippen LogP contribution is -2.18. The first-order chi connectivity index (χ1) is 6.56. The Balaban J connectivity index is 3.13. The van der Waals surface area contributed by atoms with E-state index in [9.17, 15) is 14.3 Å². The van der Waals surface area contributed by atoms with E-state index >= 15 is 0 Å². The number of likely N-dealkylation sites (N-methyl/N-ethyl adjacent to an activating group) is 1. The van der Waals surface area contributed by atoms with E-state index in [0.717, 1.165) is 6.07 Å². The molecule has 0 saturated carbocycles. The fourth-order valence-corrected chi connectivity index (χ4v) is 1.24. The molecule has 0 amide bonds. The van der Waals surface area contributed by atoms with Gasteiger partial charge in [-0.05, 0) is 19.2 Å². The first-order valence-corrected chi connectivity index (χ1v) is 4.30. The molecule has 3 nitrogen and oxygen atoms in total. The summed E-state index contributed by atoms with van der Waals surface area (Å²) in [7, 11) is 1.58. The Morgan fingerprint density at radius 3 is 2.86 bits per heavy atom. The molecule has 0 heterocycles. The van der Waals surface area contributed by atoms with Crippen LogP contribution in [0.3, 0.4) is 0 Å². The number of carbonyl (C=O) groups excluding carboxylic acids is 1. The Morgan fingerprint density at radius 1 is 1.64 bits per heavy atom. The van der Waals surface area contributed by atoms with Gasteiger partial charge in [0.25, 0.3) is 0 Å². The van der Waals surface area contributed by atoms with Crippen LogP contribution in [-0.2, 0) is 0 Å². The fourth-order valence-electron chi connectivity index (χ4n) is 1.03. The Bertz CT molecular complexity index is 368. The Morgan fingerprint density at radius 2 is 2.29 bits per heavy atom. The lowest BCUT2D eigenvalue weighted by atomic mass is 10.1. The maximum absolute atomic E-state index is 12.9. The zero-order chi connectivity index (χ0) is 10.7. The molecule has 14 heavy (non-hydrogen) atoms. The molecule has 0 bridgehead atoms. The lowest BCUT2D eigenvalue weighted by molar-refractivity contribution is 0.0990. The van der Waals surface area contributed by atoms with Gasteiger partial charge in [-0.1, -0.05) is 11.6 Å². The van der Waals surface area contributed by atoms with E-state index in [4.69, 9.17) is 11.6 Å². The summed E-state index contributed by atoms with van der Waals surface area (Å²) in [5, 5.41) is 11.9. The number of carbonyl (C=O) groups is 1. The predicted octanol–water partition coefficient (Wildman–Crippen LogP) is 1.59. The number of hydrogen-bond acceptors (Lipinski definition) is 3. The van der Waals surface area contributed by atoms with Crippen molar-refractivity contribution in [3.8, 4) is 5.75 Å². The van der Waals surface area contributed by atoms with E-state index in [1.165, 1.54) is 6.07 Å². The molecular weight excluding hydrogens is 209 g/mol. The number of phenols is 1. The minimum absolute atomic E-state index is 0.0212. The van der Waals surface area contributed by atoms with Crippen LogP contribution in [0.25, 0.3) is 0 Å². The third-order valence-electron chi connectivity index (χ3n) is 1.67. The van der Waals surface area contributed by atoms with Crippen molar-refractivity contribution in [3.63, 3.8) is 0 Å². The second-order valence-electron chi connectivity index (χ2n) is 2.74. The standard InChI is InChI=1S/C9H9ClFNO2/c1-12-4-8(13)6-2-5(10)3-7(11)9(6)14/h2-3,12,14H,4H2,1H3. The molecule has 2 N–H and O–H groups in total. The molecule has 0 aliphatic heterocycles. The first kappa shape index (κ1) is 10.9. The number of hydrogen-bond donors (Lipinski definition) is 2. The largest absolute Gasteiger partial charge is 0.504 e. The highest BCUT2D eigenvalue weighted by molar-refractivity contribution is 6.31. The number of benzene rings is 1. The van der Waals surface area contributed by atoms with Crippen LogP contribution in [0, 0.1) is 5.82 Å². The van der Waals surface area contributed by atoms with Gasteiger partial charge in [0.1, 0.15) is 0 Å². The van der Waals surface area contributed by atoms with Crippen molar-refractivity contribution < 1.29 is 14.3 Å². The Kier molecular flexibility index (Phi) is 3.43. The summed E-state index contributed by atoms with van der Waals surface area (Å²) in [6, 6.07) is 2.19. The number of phenolic OH excluding ortho intramolecular Hbond substituents is 1. The van der Waals surface area contributed by atoms with Crippen LogP contribution in [0.15, 0.2) is 12.1 Å². The minimum Gasteiger partial charge on any atom is -0.504 e. The van der Waals surface area contributed by atoms with E-state index in [-0.39, 0.29) is 17.1 Å². The second-order valence-corrected chi connectivity index (χ2v) is 3.17. The smallest absolute Gasteiger partial charge is 0.180 e. The van der Waals surface area contributed by atoms with Gasteiger partial charge in [0, 0.05) is 5.02 Å². The highest BCUT2D eigenvalue weighted by Crippen LogP contribution is 2.25. The molecule has 1 aromatic rings. The number of halogens is 2. The minimum atomic E-state index is -0.892. The maximum atomic E-state index is 12.9. The van der Waals surface area contributed by atoms with Crippen LogP contribution in [0.2, 0.25) is 5.02 Å². The first-order valence-electron chi connectivity index (χ1n) is 3.92. The topological polar surface area (TPSA) is 49.3 Å². The van der Waals surface area contributed by atoms with Crippen molar-refractivity contribution >= 4 is 17.4 Å². The van der Waals surface area contributed by atoms with Gasteiger partial charge in [0.05, 0.1) is 12.1 Å². The van der Waals surface area contributed by atoms with Gasteiger partial charge >= 0.3 is 0 Å². The fraction of sp³-hybridized carbons (Fsp3) is 0.222. The molecule has 0 radical (unpaired) electrons. The van der Waals surface area contributed by atoms with Gasteiger partial charge in [0.2, 0.25) is 0 Å². The highest BCUT2D eigenvalue weighted by atomic mass is 35.5. The van der Waals surface area contributed by atoms with Crippen LogP contribution in [0.4, 0.5) is 4.39 Å². The molecule has 1 rings (SSSR count). The molecule has 5 heteroatoms. The van der Waals surface area contributed by atoms with Crippen LogP contribution < -0.4 is 5.32 Å². The zero-order valence-corrected chi connectivity index (χ0v) is 8.23. The third-order valence-corrected chi connectivity index (χ3v) is 1.88. The van der Waals surface area contributed by atoms with Crippen LogP contribution >= 0.6 is 11.6 Å². The number of rotatable bonds is 3. The average Bonchev–Trinajstić information content (AvgIpc) is 2.11. The summed E-state index contributed by atoms with van der Waals surface area (Å²) in [4.78, 5) is 11.3. The van der Waals surface area contributed by atoms with Crippen molar-refractivity contribution in [2.24, 2.45) is 0 Å². The van der Waals surface area contributed by atoms with Crippen molar-refractivity contribution in [2.45, 2.75) is 0 Å². The molecular formula is C9H9ClFNO2. The average molecular weight is 218 g/mol. The molecule has 0 aliphatic carbocycles. The second kappa shape index (κ2) is 4.39. The molecule has 0 spiro atoms. The van der Waals surface area contributed by atoms with E-state index < -0.39 is 17.3 Å². The quantitative estimate of drug-likeness (QED) is 0.756. The number of Topliss-reactive ketones (excluding diaryl/α,β-unsaturated/α-hetero) is 1. The van der Waals surface area contributed by atoms with Crippen molar-refractivity contribution in [2.75, 3.05) is 13.6 Å². The summed E-state index contributed by atoms with van der Waals surface area (Å²) >= 11 is 5.54. The molecule has 0 unspecified atom stereocenters. The number of ketones is 1. The van der Waals surface area contributed by atoms with Gasteiger partial charge in [0.15, 0.2) is 17.3 Å². The Labute approximate surface area is 85.5 Å². The maximum Gasteiger partial charge on any atom is 0.180 e. The summed E-state index contributed by atoms with van der Waals surface area (Å²) < 4.78 is 12.9. The number of nitrogens with one attached hydrogen (secondary N) is 1. The van der Waals surface area contributed by atoms with Gasteiger partial charge in [-0.25, -0.2) is 4.39 Å². The molecule has 0 aliphatic rings. The Hall–Kier alpha value is -1.13. The van der Waals surface area contributed by atoms with E-state index in [1.54, 1.807) is 7.05 Å². The normalized spacial score (nSPS) is 10.2. The summed E-state index contributed by atoms with van der Waals surface area (Å²) in [6.45, 7) is 0.0212. The zero-order valence-electron chi connectivity index (χ0n) is 7.47. The molecule has 0 aromatic heterocycles. The predicted molar refractivity (Wildman–Crippen MR) is 51.3 cm³/mol. The van der Waals surface area contributed by atoms with Crippen LogP contribution in [-0.4, -0.2) is 24.5 Å². The van der Waals surface area contributed by atoms with Crippen molar-refractivity contribution in [3.05, 3.63) is 28.5 Å². The van der Waals surface area contributed by atoms with Gasteiger partial charge < -0.3 is 10.4 Å². The molecule has 1 aromatic carbocycles. The molecule has 76 valence electrons. The molecule has 0 atom stereocenters. The van der Waals surface area contributed by atoms with Gasteiger partial charge in [-0.2, -0.15) is 0 Å². The van der Waals surface area contributed by atoms with Crippen molar-refractivity contribution in [1.29, 1.82) is 0 Å². The van der Waals surface area contributed by atoms with E-state index in [0.29, 0.717) is 0 Å². The summed E-state index contributed by atoms with van der Waals surface area (Å²) in [5.74, 6) is -1.96. The lowest BCUT2D eigenvalue weighted by Gasteiger charge is -2.04. The van der Waals surface area contributed by atoms with Crippen molar-refractivity contribution in [1.82, 2.24) is 5.32 Å². The monoisotopic (exact) mass is 217 g/mol. The molecule has 0 fully saturated rings. The highest BCUT2D eigenvalue weighted by Gasteiger charge is 2.15. The van der Waals surface area contributed by atoms with Gasteiger partial charge in [-0.3, -0.25) is 4.79 Å². The summed E-state index contributed by atoms with van der Waals surface area (Å²) in [6.07, 6.45) is 0. The van der Waals surface area contributed by atoms with E-state index in [1.807, 2.05) is 0 Å². The summed E-state index contributed by atoms with van der Waals surface area (Å²) in [5.41, 5.74) is -0.107. The SMILES string of the molecule is CNCC(=O)c1cc(Cl)cc(F)c1O.